The topological polar surface area (TPSA) is 9.23 Å². The first-order valence-electron chi connectivity index (χ1n) is 3.73. The third-order valence-electron chi connectivity index (χ3n) is 1.69. The summed E-state index contributed by atoms with van der Waals surface area (Å²) < 4.78 is 42.6. The van der Waals surface area contributed by atoms with Gasteiger partial charge in [-0.15, -0.1) is 0 Å². The molecule has 0 fully saturated rings. The van der Waals surface area contributed by atoms with Gasteiger partial charge in [0.15, 0.2) is 0 Å². The van der Waals surface area contributed by atoms with Crippen molar-refractivity contribution in [2.75, 3.05) is 7.11 Å². The molecule has 0 bridgehead atoms. The van der Waals surface area contributed by atoms with Crippen molar-refractivity contribution >= 4 is 41.6 Å². The standard InChI is InChI=1S/C8H6Br2F3OP/c1-14-5-2-3-6(8(11,12)13)7(4-5)15(9)10/h2-4H,1H3. The molecule has 0 saturated carbocycles. The number of halogens is 5. The van der Waals surface area contributed by atoms with Crippen LogP contribution < -0.4 is 10.0 Å². The Balaban J connectivity index is 3.28. The molecular weight excluding hydrogens is 360 g/mol. The molecule has 1 aromatic rings. The van der Waals surface area contributed by atoms with Gasteiger partial charge in [-0.3, -0.25) is 0 Å². The summed E-state index contributed by atoms with van der Waals surface area (Å²) in [6.07, 6.45) is -4.34. The third-order valence-corrected chi connectivity index (χ3v) is 4.72. The van der Waals surface area contributed by atoms with Crippen molar-refractivity contribution in [2.24, 2.45) is 0 Å². The lowest BCUT2D eigenvalue weighted by molar-refractivity contribution is -0.136. The molecular formula is C8H6Br2F3OP. The smallest absolute Gasteiger partial charge is 0.417 e. The van der Waals surface area contributed by atoms with E-state index in [0.29, 0.717) is 5.75 Å². The van der Waals surface area contributed by atoms with E-state index in [4.69, 9.17) is 4.74 Å². The van der Waals surface area contributed by atoms with Gasteiger partial charge in [0, 0.05) is 5.30 Å². The summed E-state index contributed by atoms with van der Waals surface area (Å²) in [5.41, 5.74) is -0.650. The molecule has 0 unspecified atom stereocenters. The number of hydrogen-bond acceptors (Lipinski definition) is 1. The lowest BCUT2D eigenvalue weighted by atomic mass is 10.2. The highest BCUT2D eigenvalue weighted by molar-refractivity contribution is 9.70. The Morgan fingerprint density at radius 1 is 1.27 bits per heavy atom. The van der Waals surface area contributed by atoms with Crippen molar-refractivity contribution in [3.05, 3.63) is 23.8 Å². The molecule has 0 atom stereocenters. The fourth-order valence-electron chi connectivity index (χ4n) is 1.02. The Labute approximate surface area is 102 Å². The summed E-state index contributed by atoms with van der Waals surface area (Å²) in [5, 5.41) is -1.01. The highest BCUT2D eigenvalue weighted by atomic mass is 79.9. The fourth-order valence-corrected chi connectivity index (χ4v) is 3.39. The predicted molar refractivity (Wildman–Crippen MR) is 62.4 cm³/mol. The average molecular weight is 366 g/mol. The van der Waals surface area contributed by atoms with Gasteiger partial charge >= 0.3 is 6.18 Å². The Morgan fingerprint density at radius 3 is 2.27 bits per heavy atom. The van der Waals surface area contributed by atoms with E-state index >= 15 is 0 Å². The molecule has 0 N–H and O–H groups in total. The van der Waals surface area contributed by atoms with E-state index in [0.717, 1.165) is 6.07 Å². The minimum Gasteiger partial charge on any atom is -0.497 e. The van der Waals surface area contributed by atoms with Crippen LogP contribution in [0.3, 0.4) is 0 Å². The van der Waals surface area contributed by atoms with Gasteiger partial charge in [-0.25, -0.2) is 0 Å². The van der Waals surface area contributed by atoms with Crippen LogP contribution in [0.15, 0.2) is 18.2 Å². The van der Waals surface area contributed by atoms with Gasteiger partial charge in [0.2, 0.25) is 0 Å². The Bertz CT molecular complexity index is 354. The van der Waals surface area contributed by atoms with E-state index in [1.807, 2.05) is 0 Å². The highest BCUT2D eigenvalue weighted by Gasteiger charge is 2.34. The summed E-state index contributed by atoms with van der Waals surface area (Å²) in [7, 11) is 1.41. The van der Waals surface area contributed by atoms with Crippen molar-refractivity contribution in [1.82, 2.24) is 0 Å². The van der Waals surface area contributed by atoms with Gasteiger partial charge in [0.05, 0.1) is 18.0 Å². The second-order valence-electron chi connectivity index (χ2n) is 2.61. The normalized spacial score (nSPS) is 11.9. The van der Waals surface area contributed by atoms with Crippen LogP contribution in [0.2, 0.25) is 0 Å². The molecule has 0 amide bonds. The SMILES string of the molecule is COc1ccc(C(F)(F)F)c(P(Br)Br)c1. The number of methoxy groups -OCH3 is 1. The molecule has 0 spiro atoms. The second-order valence-corrected chi connectivity index (χ2v) is 10.7. The predicted octanol–water partition coefficient (Wildman–Crippen LogP) is 4.44. The monoisotopic (exact) mass is 364 g/mol. The van der Waals surface area contributed by atoms with Crippen molar-refractivity contribution in [3.8, 4) is 5.75 Å². The van der Waals surface area contributed by atoms with Gasteiger partial charge in [0.25, 0.3) is 0 Å². The highest BCUT2D eigenvalue weighted by Crippen LogP contribution is 2.53. The number of hydrogen-bond donors (Lipinski definition) is 0. The lowest BCUT2D eigenvalue weighted by Crippen LogP contribution is -2.16. The van der Waals surface area contributed by atoms with Crippen molar-refractivity contribution in [2.45, 2.75) is 6.18 Å². The Hall–Kier alpha value is 0.200. The summed E-state index contributed by atoms with van der Waals surface area (Å²) in [5.74, 6) is 0.407. The summed E-state index contributed by atoms with van der Waals surface area (Å²) >= 11 is 6.23. The summed E-state index contributed by atoms with van der Waals surface area (Å²) in [6.45, 7) is 0. The van der Waals surface area contributed by atoms with Gasteiger partial charge in [-0.05, 0) is 49.2 Å². The van der Waals surface area contributed by atoms with Gasteiger partial charge < -0.3 is 4.74 Å². The number of alkyl halides is 3. The number of ether oxygens (including phenoxy) is 1. The minimum absolute atomic E-state index is 0.164. The molecule has 0 radical (unpaired) electrons. The molecule has 7 heteroatoms. The van der Waals surface area contributed by atoms with Gasteiger partial charge in [-0.1, -0.05) is 0 Å². The van der Waals surface area contributed by atoms with E-state index < -0.39 is 17.1 Å². The first-order valence-corrected chi connectivity index (χ1v) is 9.11. The molecule has 0 saturated heterocycles. The van der Waals surface area contributed by atoms with Crippen LogP contribution in [-0.2, 0) is 6.18 Å². The van der Waals surface area contributed by atoms with Crippen LogP contribution in [0.5, 0.6) is 5.75 Å². The van der Waals surface area contributed by atoms with E-state index in [9.17, 15) is 13.2 Å². The number of rotatable bonds is 2. The van der Waals surface area contributed by atoms with Crippen LogP contribution in [0, 0.1) is 0 Å². The van der Waals surface area contributed by atoms with Gasteiger partial charge in [0.1, 0.15) is 5.75 Å². The molecule has 0 aliphatic carbocycles. The van der Waals surface area contributed by atoms with E-state index in [1.54, 1.807) is 0 Å². The van der Waals surface area contributed by atoms with Crippen LogP contribution >= 0.6 is 36.3 Å². The summed E-state index contributed by atoms with van der Waals surface area (Å²) in [6, 6.07) is 3.69. The van der Waals surface area contributed by atoms with Crippen LogP contribution in [0.1, 0.15) is 5.56 Å². The fraction of sp³-hybridized carbons (Fsp3) is 0.250. The summed E-state index contributed by atoms with van der Waals surface area (Å²) in [4.78, 5) is 0. The third kappa shape index (κ3) is 3.33. The Kier molecular flexibility index (Phi) is 4.44. The van der Waals surface area contributed by atoms with Gasteiger partial charge in [-0.2, -0.15) is 13.2 Å². The zero-order valence-corrected chi connectivity index (χ0v) is 11.5. The van der Waals surface area contributed by atoms with Crippen molar-refractivity contribution < 1.29 is 17.9 Å². The molecule has 0 aliphatic rings. The molecule has 15 heavy (non-hydrogen) atoms. The Morgan fingerprint density at radius 2 is 1.87 bits per heavy atom. The zero-order chi connectivity index (χ0) is 11.6. The van der Waals surface area contributed by atoms with E-state index in [2.05, 4.69) is 31.0 Å². The second kappa shape index (κ2) is 5.02. The first kappa shape index (κ1) is 13.3. The lowest BCUT2D eigenvalue weighted by Gasteiger charge is -2.14. The molecule has 1 rings (SSSR count). The van der Waals surface area contributed by atoms with Crippen molar-refractivity contribution in [1.29, 1.82) is 0 Å². The quantitative estimate of drug-likeness (QED) is 0.704. The van der Waals surface area contributed by atoms with Crippen molar-refractivity contribution in [3.63, 3.8) is 0 Å². The largest absolute Gasteiger partial charge is 0.497 e. The first-order chi connectivity index (χ1) is 6.86. The molecule has 1 aromatic carbocycles. The van der Waals surface area contributed by atoms with Crippen LogP contribution in [0.25, 0.3) is 0 Å². The average Bonchev–Trinajstić information content (AvgIpc) is 2.15. The van der Waals surface area contributed by atoms with Crippen LogP contribution in [-0.4, -0.2) is 7.11 Å². The molecule has 0 aliphatic heterocycles. The zero-order valence-electron chi connectivity index (χ0n) is 7.48. The maximum Gasteiger partial charge on any atom is 0.417 e. The van der Waals surface area contributed by atoms with E-state index in [-0.39, 0.29) is 5.30 Å². The van der Waals surface area contributed by atoms with E-state index in [1.165, 1.54) is 19.2 Å². The molecule has 84 valence electrons. The minimum atomic E-state index is -4.34. The molecule has 0 heterocycles. The van der Waals surface area contributed by atoms with Crippen LogP contribution in [0.4, 0.5) is 13.2 Å². The maximum absolute atomic E-state index is 12.6. The molecule has 1 nitrogen and oxygen atoms in total. The number of benzene rings is 1. The maximum atomic E-state index is 12.6. The molecule has 0 aromatic heterocycles.